The van der Waals surface area contributed by atoms with Crippen molar-refractivity contribution in [2.75, 3.05) is 0 Å². The van der Waals surface area contributed by atoms with Gasteiger partial charge in [0, 0.05) is 22.8 Å². The summed E-state index contributed by atoms with van der Waals surface area (Å²) in [5.74, 6) is -0.231. The van der Waals surface area contributed by atoms with Gasteiger partial charge in [-0.05, 0) is 19.1 Å². The van der Waals surface area contributed by atoms with Crippen molar-refractivity contribution in [2.24, 2.45) is 0 Å². The van der Waals surface area contributed by atoms with Gasteiger partial charge in [0.05, 0.1) is 5.69 Å². The quantitative estimate of drug-likeness (QED) is 0.627. The Bertz CT molecular complexity index is 622. The van der Waals surface area contributed by atoms with Crippen molar-refractivity contribution in [1.82, 2.24) is 9.38 Å². The molecular formula is C12H9FN2S. The average molecular weight is 232 g/mol. The fourth-order valence-corrected chi connectivity index (χ4v) is 2.51. The minimum Gasteiger partial charge on any atom is -0.297 e. The molecule has 0 aliphatic rings. The van der Waals surface area contributed by atoms with E-state index in [-0.39, 0.29) is 5.82 Å². The van der Waals surface area contributed by atoms with Crippen LogP contribution in [0.1, 0.15) is 4.88 Å². The van der Waals surface area contributed by atoms with Crippen molar-refractivity contribution in [2.45, 2.75) is 6.92 Å². The highest BCUT2D eigenvalue weighted by Crippen LogP contribution is 2.23. The Labute approximate surface area is 96.0 Å². The van der Waals surface area contributed by atoms with Crippen LogP contribution < -0.4 is 0 Å². The number of thiazole rings is 1. The summed E-state index contributed by atoms with van der Waals surface area (Å²) in [6.07, 6.45) is 3.95. The van der Waals surface area contributed by atoms with E-state index in [9.17, 15) is 4.39 Å². The first kappa shape index (κ1) is 9.54. The van der Waals surface area contributed by atoms with E-state index in [4.69, 9.17) is 0 Å². The zero-order valence-corrected chi connectivity index (χ0v) is 9.46. The molecule has 0 N–H and O–H groups in total. The minimum absolute atomic E-state index is 0.231. The first-order chi connectivity index (χ1) is 7.72. The highest BCUT2D eigenvalue weighted by molar-refractivity contribution is 7.17. The van der Waals surface area contributed by atoms with Crippen LogP contribution in [0.3, 0.4) is 0 Å². The number of hydrogen-bond acceptors (Lipinski definition) is 2. The average Bonchev–Trinajstić information content (AvgIpc) is 2.74. The predicted octanol–water partition coefficient (Wildman–Crippen LogP) is 3.51. The topological polar surface area (TPSA) is 17.3 Å². The number of rotatable bonds is 1. The molecule has 2 nitrogen and oxygen atoms in total. The van der Waals surface area contributed by atoms with E-state index in [2.05, 4.69) is 4.98 Å². The highest BCUT2D eigenvalue weighted by atomic mass is 32.1. The molecule has 0 bridgehead atoms. The Morgan fingerprint density at radius 2 is 2.19 bits per heavy atom. The maximum atomic E-state index is 13.1. The number of imidazole rings is 1. The zero-order chi connectivity index (χ0) is 11.1. The maximum Gasteiger partial charge on any atom is 0.194 e. The molecule has 2 aromatic heterocycles. The molecule has 0 atom stereocenters. The van der Waals surface area contributed by atoms with Crippen molar-refractivity contribution in [3.8, 4) is 11.3 Å². The van der Waals surface area contributed by atoms with Gasteiger partial charge in [-0.25, -0.2) is 9.37 Å². The molecule has 80 valence electrons. The normalized spacial score (nSPS) is 11.1. The molecular weight excluding hydrogens is 223 g/mol. The molecule has 1 aromatic carbocycles. The summed E-state index contributed by atoms with van der Waals surface area (Å²) in [7, 11) is 0. The van der Waals surface area contributed by atoms with Crippen LogP contribution in [0.2, 0.25) is 0 Å². The second kappa shape index (κ2) is 3.42. The van der Waals surface area contributed by atoms with Crippen LogP contribution in [0, 0.1) is 12.7 Å². The van der Waals surface area contributed by atoms with Gasteiger partial charge in [0.25, 0.3) is 0 Å². The molecule has 0 aliphatic heterocycles. The Balaban J connectivity index is 2.15. The first-order valence-corrected chi connectivity index (χ1v) is 5.75. The number of benzene rings is 1. The Hall–Kier alpha value is -1.68. The molecule has 0 amide bonds. The third-order valence-electron chi connectivity index (χ3n) is 2.39. The number of halogens is 1. The SMILES string of the molecule is Cc1cn2cc(-c3cccc(F)c3)nc2s1. The van der Waals surface area contributed by atoms with Crippen molar-refractivity contribution >= 4 is 16.3 Å². The van der Waals surface area contributed by atoms with E-state index in [1.165, 1.54) is 17.0 Å². The van der Waals surface area contributed by atoms with Crippen molar-refractivity contribution in [3.63, 3.8) is 0 Å². The lowest BCUT2D eigenvalue weighted by molar-refractivity contribution is 0.628. The summed E-state index contributed by atoms with van der Waals surface area (Å²) in [5.41, 5.74) is 1.62. The van der Waals surface area contributed by atoms with Gasteiger partial charge in [0.1, 0.15) is 5.82 Å². The van der Waals surface area contributed by atoms with E-state index in [0.717, 1.165) is 16.2 Å². The maximum absolute atomic E-state index is 13.1. The van der Waals surface area contributed by atoms with Gasteiger partial charge in [0.2, 0.25) is 0 Å². The highest BCUT2D eigenvalue weighted by Gasteiger charge is 2.06. The molecule has 3 aromatic rings. The molecule has 4 heteroatoms. The predicted molar refractivity (Wildman–Crippen MR) is 63.2 cm³/mol. The van der Waals surface area contributed by atoms with E-state index >= 15 is 0 Å². The molecule has 0 spiro atoms. The third kappa shape index (κ3) is 1.51. The van der Waals surface area contributed by atoms with E-state index in [1.807, 2.05) is 29.8 Å². The summed E-state index contributed by atoms with van der Waals surface area (Å²) in [5, 5.41) is 0. The fourth-order valence-electron chi connectivity index (χ4n) is 1.70. The van der Waals surface area contributed by atoms with Gasteiger partial charge in [-0.2, -0.15) is 0 Å². The van der Waals surface area contributed by atoms with Gasteiger partial charge < -0.3 is 0 Å². The van der Waals surface area contributed by atoms with E-state index < -0.39 is 0 Å². The van der Waals surface area contributed by atoms with Crippen molar-refractivity contribution in [3.05, 3.63) is 47.4 Å². The van der Waals surface area contributed by atoms with Crippen molar-refractivity contribution in [1.29, 1.82) is 0 Å². The van der Waals surface area contributed by atoms with Crippen LogP contribution in [0.15, 0.2) is 36.7 Å². The lowest BCUT2D eigenvalue weighted by Crippen LogP contribution is -1.79. The van der Waals surface area contributed by atoms with Crippen LogP contribution in [0.5, 0.6) is 0 Å². The van der Waals surface area contributed by atoms with Crippen LogP contribution in [-0.4, -0.2) is 9.38 Å². The summed E-state index contributed by atoms with van der Waals surface area (Å²) >= 11 is 1.63. The largest absolute Gasteiger partial charge is 0.297 e. The van der Waals surface area contributed by atoms with Gasteiger partial charge in [-0.15, -0.1) is 11.3 Å². The van der Waals surface area contributed by atoms with Crippen LogP contribution in [-0.2, 0) is 0 Å². The van der Waals surface area contributed by atoms with Gasteiger partial charge in [-0.3, -0.25) is 4.40 Å². The summed E-state index contributed by atoms with van der Waals surface area (Å²) in [6, 6.07) is 6.50. The molecule has 0 saturated carbocycles. The van der Waals surface area contributed by atoms with E-state index in [1.54, 1.807) is 17.4 Å². The monoisotopic (exact) mass is 232 g/mol. The van der Waals surface area contributed by atoms with Gasteiger partial charge in [0.15, 0.2) is 4.96 Å². The van der Waals surface area contributed by atoms with Crippen LogP contribution in [0.4, 0.5) is 4.39 Å². The van der Waals surface area contributed by atoms with Crippen molar-refractivity contribution < 1.29 is 4.39 Å². The molecule has 0 aliphatic carbocycles. The first-order valence-electron chi connectivity index (χ1n) is 4.93. The fraction of sp³-hybridized carbons (Fsp3) is 0.0833. The Morgan fingerprint density at radius 3 is 2.94 bits per heavy atom. The standard InChI is InChI=1S/C12H9FN2S/c1-8-6-15-7-11(14-12(15)16-8)9-3-2-4-10(13)5-9/h2-7H,1H3. The summed E-state index contributed by atoms with van der Waals surface area (Å²) in [4.78, 5) is 6.62. The minimum atomic E-state index is -0.231. The van der Waals surface area contributed by atoms with Gasteiger partial charge >= 0.3 is 0 Å². The molecule has 3 rings (SSSR count). The van der Waals surface area contributed by atoms with Gasteiger partial charge in [-0.1, -0.05) is 12.1 Å². The number of hydrogen-bond donors (Lipinski definition) is 0. The lowest BCUT2D eigenvalue weighted by Gasteiger charge is -1.95. The third-order valence-corrected chi connectivity index (χ3v) is 3.30. The van der Waals surface area contributed by atoms with Crippen LogP contribution in [0.25, 0.3) is 16.2 Å². The molecule has 0 unspecified atom stereocenters. The molecule has 0 fully saturated rings. The molecule has 16 heavy (non-hydrogen) atoms. The molecule has 2 heterocycles. The number of fused-ring (bicyclic) bond motifs is 1. The number of nitrogens with zero attached hydrogens (tertiary/aromatic N) is 2. The molecule has 0 radical (unpaired) electrons. The second-order valence-corrected chi connectivity index (χ2v) is 4.88. The Morgan fingerprint density at radius 1 is 1.31 bits per heavy atom. The Kier molecular flexibility index (Phi) is 2.04. The number of aryl methyl sites for hydroxylation is 1. The second-order valence-electron chi connectivity index (χ2n) is 3.67. The summed E-state index contributed by atoms with van der Waals surface area (Å²) < 4.78 is 15.0. The smallest absolute Gasteiger partial charge is 0.194 e. The lowest BCUT2D eigenvalue weighted by atomic mass is 10.2. The summed E-state index contributed by atoms with van der Waals surface area (Å²) in [6.45, 7) is 2.04. The van der Waals surface area contributed by atoms with Crippen LogP contribution >= 0.6 is 11.3 Å². The molecule has 0 saturated heterocycles. The van der Waals surface area contributed by atoms with E-state index in [0.29, 0.717) is 0 Å². The zero-order valence-electron chi connectivity index (χ0n) is 8.64. The number of aromatic nitrogens is 2.